The molecule has 0 spiro atoms. The maximum absolute atomic E-state index is 14.1. The van der Waals surface area contributed by atoms with E-state index in [0.717, 1.165) is 16.7 Å². The van der Waals surface area contributed by atoms with Gasteiger partial charge in [-0.25, -0.2) is 9.37 Å². The molecule has 0 saturated heterocycles. The quantitative estimate of drug-likeness (QED) is 0.752. The van der Waals surface area contributed by atoms with Crippen molar-refractivity contribution in [1.29, 1.82) is 0 Å². The molecule has 1 amide bonds. The number of alkyl halides is 1. The van der Waals surface area contributed by atoms with Gasteiger partial charge in [0, 0.05) is 6.20 Å². The summed E-state index contributed by atoms with van der Waals surface area (Å²) in [4.78, 5) is 32.9. The first-order valence-electron chi connectivity index (χ1n) is 10.4. The molecule has 5 nitrogen and oxygen atoms in total. The number of rotatable bonds is 2. The van der Waals surface area contributed by atoms with Gasteiger partial charge in [0.2, 0.25) is 0 Å². The largest absolute Gasteiger partial charge is 0.483 e. The number of ketones is 1. The number of aryl methyl sites for hydroxylation is 2. The van der Waals surface area contributed by atoms with E-state index in [1.54, 1.807) is 11.1 Å². The van der Waals surface area contributed by atoms with Crippen molar-refractivity contribution in [2.24, 2.45) is 5.92 Å². The Morgan fingerprint density at radius 1 is 1.07 bits per heavy atom. The highest BCUT2D eigenvalue weighted by molar-refractivity contribution is 6.17. The van der Waals surface area contributed by atoms with Gasteiger partial charge in [0.15, 0.2) is 11.5 Å². The summed E-state index contributed by atoms with van der Waals surface area (Å²) >= 11 is 0. The minimum Gasteiger partial charge on any atom is -0.483 e. The van der Waals surface area contributed by atoms with Gasteiger partial charge in [-0.1, -0.05) is 29.8 Å². The van der Waals surface area contributed by atoms with Crippen LogP contribution in [-0.2, 0) is 14.3 Å². The van der Waals surface area contributed by atoms with Gasteiger partial charge in [-0.05, 0) is 56.4 Å². The van der Waals surface area contributed by atoms with Gasteiger partial charge >= 0.3 is 0 Å². The van der Waals surface area contributed by atoms with E-state index in [2.05, 4.69) is 4.98 Å². The zero-order chi connectivity index (χ0) is 21.0. The molecule has 6 heteroatoms. The van der Waals surface area contributed by atoms with E-state index in [1.165, 1.54) is 0 Å². The van der Waals surface area contributed by atoms with Crippen LogP contribution in [0.2, 0.25) is 0 Å². The van der Waals surface area contributed by atoms with Gasteiger partial charge in [0.1, 0.15) is 18.1 Å². The lowest BCUT2D eigenvalue weighted by atomic mass is 9.77. The number of benzene rings is 1. The Bertz CT molecular complexity index is 1060. The van der Waals surface area contributed by atoms with Gasteiger partial charge in [-0.2, -0.15) is 0 Å². The molecule has 1 saturated carbocycles. The Morgan fingerprint density at radius 3 is 2.57 bits per heavy atom. The first-order valence-corrected chi connectivity index (χ1v) is 10.4. The third-order valence-corrected chi connectivity index (χ3v) is 6.32. The molecule has 5 rings (SSSR count). The number of ether oxygens (including phenoxy) is 1. The Hall–Kier alpha value is -3.02. The van der Waals surface area contributed by atoms with Crippen molar-refractivity contribution in [3.8, 4) is 0 Å². The molecule has 0 radical (unpaired) electrons. The van der Waals surface area contributed by atoms with Crippen LogP contribution in [-0.4, -0.2) is 29.0 Å². The first kappa shape index (κ1) is 19.0. The Morgan fingerprint density at radius 2 is 1.83 bits per heavy atom. The second-order valence-corrected chi connectivity index (χ2v) is 8.46. The third-order valence-electron chi connectivity index (χ3n) is 6.32. The number of hydrogen-bond acceptors (Lipinski definition) is 4. The number of amides is 1. The number of carbonyl (C=O) groups excluding carboxylic acids is 2. The number of fused-ring (bicyclic) bond motifs is 1. The molecule has 30 heavy (non-hydrogen) atoms. The minimum atomic E-state index is -1.01. The van der Waals surface area contributed by atoms with Crippen LogP contribution in [0, 0.1) is 19.8 Å². The Balaban J connectivity index is 1.65. The molecule has 3 aliphatic rings. The summed E-state index contributed by atoms with van der Waals surface area (Å²) in [5.41, 5.74) is 3.19. The summed E-state index contributed by atoms with van der Waals surface area (Å²) in [6.07, 6.45) is 1.16. The van der Waals surface area contributed by atoms with Crippen LogP contribution < -0.4 is 4.90 Å². The van der Waals surface area contributed by atoms with E-state index in [9.17, 15) is 14.0 Å². The van der Waals surface area contributed by atoms with Crippen LogP contribution in [0.15, 0.2) is 53.9 Å². The molecule has 2 aromatic rings. The number of pyridine rings is 1. The predicted molar refractivity (Wildman–Crippen MR) is 110 cm³/mol. The second-order valence-electron chi connectivity index (χ2n) is 8.46. The fraction of sp³-hybridized carbons (Fsp3) is 0.375. The number of aromatic nitrogens is 1. The second kappa shape index (κ2) is 7.04. The van der Waals surface area contributed by atoms with Crippen LogP contribution >= 0.6 is 0 Å². The van der Waals surface area contributed by atoms with Gasteiger partial charge in [0.25, 0.3) is 5.91 Å². The summed E-state index contributed by atoms with van der Waals surface area (Å²) in [6.45, 7) is 3.91. The molecule has 4 atom stereocenters. The SMILES string of the molecule is Cc1ccc(C2C3=C(OC4CCC(F)CC4C3=O)C(=O)N2c2cc(C)ccn2)cc1. The number of carbonyl (C=O) groups is 2. The summed E-state index contributed by atoms with van der Waals surface area (Å²) in [5.74, 6) is -0.491. The summed E-state index contributed by atoms with van der Waals surface area (Å²) in [7, 11) is 0. The molecule has 1 aromatic carbocycles. The molecule has 1 aromatic heterocycles. The maximum atomic E-state index is 14.1. The van der Waals surface area contributed by atoms with Crippen molar-refractivity contribution < 1.29 is 18.7 Å². The van der Waals surface area contributed by atoms with Gasteiger partial charge in [-0.15, -0.1) is 0 Å². The predicted octanol–water partition coefficient (Wildman–Crippen LogP) is 4.15. The number of hydrogen-bond donors (Lipinski definition) is 0. The van der Waals surface area contributed by atoms with Crippen LogP contribution in [0.4, 0.5) is 10.2 Å². The van der Waals surface area contributed by atoms with Crippen molar-refractivity contribution in [3.63, 3.8) is 0 Å². The van der Waals surface area contributed by atoms with Crippen molar-refractivity contribution in [3.05, 3.63) is 70.6 Å². The lowest BCUT2D eigenvalue weighted by Gasteiger charge is -2.36. The Labute approximate surface area is 174 Å². The van der Waals surface area contributed by atoms with E-state index >= 15 is 0 Å². The van der Waals surface area contributed by atoms with E-state index in [4.69, 9.17) is 4.74 Å². The topological polar surface area (TPSA) is 59.5 Å². The summed E-state index contributed by atoms with van der Waals surface area (Å²) in [5, 5.41) is 0. The fourth-order valence-electron chi connectivity index (χ4n) is 4.77. The number of halogens is 1. The van der Waals surface area contributed by atoms with Crippen LogP contribution in [0.25, 0.3) is 0 Å². The zero-order valence-corrected chi connectivity index (χ0v) is 17.0. The maximum Gasteiger partial charge on any atom is 0.295 e. The highest BCUT2D eigenvalue weighted by Gasteiger charge is 2.53. The summed E-state index contributed by atoms with van der Waals surface area (Å²) in [6, 6.07) is 10.8. The molecular formula is C24H23FN2O3. The van der Waals surface area contributed by atoms with Gasteiger partial charge < -0.3 is 4.74 Å². The fourth-order valence-corrected chi connectivity index (χ4v) is 4.77. The molecule has 1 fully saturated rings. The minimum absolute atomic E-state index is 0.104. The number of Topliss-reactive ketones (excluding diaryl/α,β-unsaturated/α-hetero) is 1. The monoisotopic (exact) mass is 406 g/mol. The number of anilines is 1. The van der Waals surface area contributed by atoms with Gasteiger partial charge in [0.05, 0.1) is 17.5 Å². The van der Waals surface area contributed by atoms with Crippen LogP contribution in [0.3, 0.4) is 0 Å². The number of nitrogens with zero attached hydrogens (tertiary/aromatic N) is 2. The highest BCUT2D eigenvalue weighted by Crippen LogP contribution is 2.48. The standard InChI is InChI=1S/C24H23FN2O3/c1-13-3-5-15(6-4-13)21-20-22(28)17-12-16(25)7-8-18(17)30-23(20)24(29)27(21)19-11-14(2)9-10-26-19/h3-6,9-11,16-18,21H,7-8,12H2,1-2H3. The van der Waals surface area contributed by atoms with Gasteiger partial charge in [-0.3, -0.25) is 14.5 Å². The molecule has 4 unspecified atom stereocenters. The Kier molecular flexibility index (Phi) is 4.45. The lowest BCUT2D eigenvalue weighted by Crippen LogP contribution is -2.42. The lowest BCUT2D eigenvalue weighted by molar-refractivity contribution is -0.133. The van der Waals surface area contributed by atoms with E-state index in [0.29, 0.717) is 24.2 Å². The first-order chi connectivity index (χ1) is 14.4. The zero-order valence-electron chi connectivity index (χ0n) is 17.0. The molecule has 0 bridgehead atoms. The van der Waals surface area contributed by atoms with Crippen LogP contribution in [0.1, 0.15) is 42.0 Å². The molecule has 3 heterocycles. The molecule has 154 valence electrons. The summed E-state index contributed by atoms with van der Waals surface area (Å²) < 4.78 is 20.2. The third kappa shape index (κ3) is 2.93. The molecular weight excluding hydrogens is 383 g/mol. The molecule has 0 N–H and O–H groups in total. The molecule has 2 aliphatic heterocycles. The van der Waals surface area contributed by atoms with E-state index < -0.39 is 24.2 Å². The van der Waals surface area contributed by atoms with Crippen LogP contribution in [0.5, 0.6) is 0 Å². The highest BCUT2D eigenvalue weighted by atomic mass is 19.1. The molecule has 1 aliphatic carbocycles. The van der Waals surface area contributed by atoms with Crippen molar-refractivity contribution in [1.82, 2.24) is 4.98 Å². The van der Waals surface area contributed by atoms with Crippen molar-refractivity contribution in [2.45, 2.75) is 51.4 Å². The van der Waals surface area contributed by atoms with Crippen molar-refractivity contribution in [2.75, 3.05) is 4.90 Å². The van der Waals surface area contributed by atoms with E-state index in [-0.39, 0.29) is 23.9 Å². The smallest absolute Gasteiger partial charge is 0.295 e. The average Bonchev–Trinajstić information content (AvgIpc) is 3.02. The van der Waals surface area contributed by atoms with Crippen molar-refractivity contribution >= 4 is 17.5 Å². The normalized spacial score (nSPS) is 28.3. The van der Waals surface area contributed by atoms with E-state index in [1.807, 2.05) is 50.2 Å². The average molecular weight is 406 g/mol.